The molecule has 2 aromatic heterocycles. The van der Waals surface area contributed by atoms with Gasteiger partial charge in [-0.15, -0.1) is 11.3 Å². The topological polar surface area (TPSA) is 88.4 Å². The average molecular weight is 382 g/mol. The van der Waals surface area contributed by atoms with Gasteiger partial charge in [-0.1, -0.05) is 18.2 Å². The molecule has 27 heavy (non-hydrogen) atoms. The highest BCUT2D eigenvalue weighted by atomic mass is 32.1. The third-order valence-corrected chi connectivity index (χ3v) is 5.06. The van der Waals surface area contributed by atoms with Crippen molar-refractivity contribution < 1.29 is 18.8 Å². The summed E-state index contributed by atoms with van der Waals surface area (Å²) < 4.78 is 5.10. The smallest absolute Gasteiger partial charge is 0.313 e. The molecule has 2 heterocycles. The molecule has 0 aliphatic rings. The van der Waals surface area contributed by atoms with Crippen LogP contribution < -0.4 is 10.6 Å². The summed E-state index contributed by atoms with van der Waals surface area (Å²) >= 11 is 1.25. The minimum absolute atomic E-state index is 0.162. The molecule has 6 nitrogen and oxygen atoms in total. The van der Waals surface area contributed by atoms with Crippen LogP contribution in [0.5, 0.6) is 0 Å². The van der Waals surface area contributed by atoms with E-state index in [-0.39, 0.29) is 18.1 Å². The van der Waals surface area contributed by atoms with E-state index in [9.17, 15) is 14.4 Å². The lowest BCUT2D eigenvalue weighted by Gasteiger charge is -2.11. The van der Waals surface area contributed by atoms with Gasteiger partial charge in [-0.2, -0.15) is 0 Å². The van der Waals surface area contributed by atoms with Crippen molar-refractivity contribution in [3.8, 4) is 0 Å². The summed E-state index contributed by atoms with van der Waals surface area (Å²) in [5, 5.41) is 5.21. The van der Waals surface area contributed by atoms with Crippen molar-refractivity contribution >= 4 is 34.6 Å². The first-order chi connectivity index (χ1) is 13.0. The maximum Gasteiger partial charge on any atom is 0.313 e. The quantitative estimate of drug-likeness (QED) is 0.523. The Kier molecular flexibility index (Phi) is 5.52. The second-order valence-electron chi connectivity index (χ2n) is 5.98. The number of hydrogen-bond donors (Lipinski definition) is 2. The van der Waals surface area contributed by atoms with Crippen molar-refractivity contribution in [1.82, 2.24) is 5.32 Å². The lowest BCUT2D eigenvalue weighted by Crippen LogP contribution is -2.35. The zero-order valence-corrected chi connectivity index (χ0v) is 15.7. The van der Waals surface area contributed by atoms with Crippen LogP contribution in [0.4, 0.5) is 5.69 Å². The van der Waals surface area contributed by atoms with Gasteiger partial charge in [-0.05, 0) is 49.2 Å². The second-order valence-corrected chi connectivity index (χ2v) is 7.14. The van der Waals surface area contributed by atoms with Gasteiger partial charge in [0.15, 0.2) is 5.76 Å². The molecule has 0 saturated heterocycles. The van der Waals surface area contributed by atoms with Crippen LogP contribution in [-0.2, 0) is 16.1 Å². The number of ketones is 1. The lowest BCUT2D eigenvalue weighted by molar-refractivity contribution is -0.136. The minimum atomic E-state index is -0.732. The molecule has 0 bridgehead atoms. The highest BCUT2D eigenvalue weighted by Crippen LogP contribution is 2.21. The van der Waals surface area contributed by atoms with Crippen molar-refractivity contribution in [1.29, 1.82) is 0 Å². The summed E-state index contributed by atoms with van der Waals surface area (Å²) in [5.41, 5.74) is 2.41. The summed E-state index contributed by atoms with van der Waals surface area (Å²) in [7, 11) is 0. The number of hydrogen-bond acceptors (Lipinski definition) is 5. The number of carbonyl (C=O) groups excluding carboxylic acids is 3. The molecule has 2 amide bonds. The first-order valence-electron chi connectivity index (χ1n) is 8.28. The first-order valence-corrected chi connectivity index (χ1v) is 9.09. The summed E-state index contributed by atoms with van der Waals surface area (Å²) in [6.45, 7) is 3.89. The number of aryl methyl sites for hydroxylation is 2. The van der Waals surface area contributed by atoms with Gasteiger partial charge >= 0.3 is 11.8 Å². The van der Waals surface area contributed by atoms with E-state index in [1.807, 2.05) is 32.0 Å². The standard InChI is InChI=1S/C20H18N2O4S/c1-12-5-3-6-13(2)17(12)22-20(25)19(24)21-11-14-8-9-16(27-14)18(23)15-7-4-10-26-15/h3-10H,11H2,1-2H3,(H,21,24)(H,22,25). The van der Waals surface area contributed by atoms with Gasteiger partial charge < -0.3 is 15.1 Å². The van der Waals surface area contributed by atoms with Crippen LogP contribution in [0.15, 0.2) is 53.1 Å². The zero-order valence-electron chi connectivity index (χ0n) is 14.9. The van der Waals surface area contributed by atoms with E-state index in [2.05, 4.69) is 10.6 Å². The first kappa shape index (κ1) is 18.6. The molecule has 138 valence electrons. The van der Waals surface area contributed by atoms with Crippen LogP contribution in [0.1, 0.15) is 31.4 Å². The molecular weight excluding hydrogens is 364 g/mol. The fraction of sp³-hybridized carbons (Fsp3) is 0.150. The molecule has 0 unspecified atom stereocenters. The fourth-order valence-electron chi connectivity index (χ4n) is 2.55. The molecule has 0 radical (unpaired) electrons. The Morgan fingerprint density at radius 2 is 1.70 bits per heavy atom. The van der Waals surface area contributed by atoms with E-state index in [0.29, 0.717) is 10.6 Å². The highest BCUT2D eigenvalue weighted by molar-refractivity contribution is 7.14. The third kappa shape index (κ3) is 4.32. The Morgan fingerprint density at radius 1 is 0.963 bits per heavy atom. The maximum absolute atomic E-state index is 12.2. The van der Waals surface area contributed by atoms with Crippen LogP contribution in [0.3, 0.4) is 0 Å². The predicted molar refractivity (Wildman–Crippen MR) is 103 cm³/mol. The van der Waals surface area contributed by atoms with Gasteiger partial charge in [0.2, 0.25) is 5.78 Å². The number of nitrogens with one attached hydrogen (secondary N) is 2. The zero-order chi connectivity index (χ0) is 19.4. The largest absolute Gasteiger partial charge is 0.461 e. The van der Waals surface area contributed by atoms with Gasteiger partial charge in [0.25, 0.3) is 0 Å². The van der Waals surface area contributed by atoms with E-state index >= 15 is 0 Å². The fourth-order valence-corrected chi connectivity index (χ4v) is 3.45. The van der Waals surface area contributed by atoms with Gasteiger partial charge in [0.05, 0.1) is 17.7 Å². The highest BCUT2D eigenvalue weighted by Gasteiger charge is 2.17. The number of para-hydroxylation sites is 1. The number of thiophene rings is 1. The van der Waals surface area contributed by atoms with Crippen LogP contribution in [0.2, 0.25) is 0 Å². The summed E-state index contributed by atoms with van der Waals surface area (Å²) in [6.07, 6.45) is 1.44. The average Bonchev–Trinajstić information content (AvgIpc) is 3.34. The van der Waals surface area contributed by atoms with Crippen LogP contribution >= 0.6 is 11.3 Å². The Hall–Kier alpha value is -3.19. The Balaban J connectivity index is 1.58. The number of amides is 2. The Morgan fingerprint density at radius 3 is 2.37 bits per heavy atom. The molecular formula is C20H18N2O4S. The molecule has 3 aromatic rings. The van der Waals surface area contributed by atoms with Crippen molar-refractivity contribution in [2.45, 2.75) is 20.4 Å². The van der Waals surface area contributed by atoms with Gasteiger partial charge in [0, 0.05) is 10.6 Å². The summed E-state index contributed by atoms with van der Waals surface area (Å²) in [5.74, 6) is -1.41. The molecule has 7 heteroatoms. The van der Waals surface area contributed by atoms with Crippen molar-refractivity contribution in [3.05, 3.63) is 75.4 Å². The summed E-state index contributed by atoms with van der Waals surface area (Å²) in [6, 6.07) is 12.3. The summed E-state index contributed by atoms with van der Waals surface area (Å²) in [4.78, 5) is 37.7. The van der Waals surface area contributed by atoms with Crippen LogP contribution in [0.25, 0.3) is 0 Å². The normalized spacial score (nSPS) is 10.4. The minimum Gasteiger partial charge on any atom is -0.461 e. The number of anilines is 1. The molecule has 0 atom stereocenters. The van der Waals surface area contributed by atoms with Crippen molar-refractivity contribution in [2.75, 3.05) is 5.32 Å². The molecule has 0 aliphatic carbocycles. The van der Waals surface area contributed by atoms with Gasteiger partial charge in [-0.25, -0.2) is 0 Å². The Bertz CT molecular complexity index is 969. The monoisotopic (exact) mass is 382 g/mol. The third-order valence-electron chi connectivity index (χ3n) is 3.98. The number of carbonyl (C=O) groups is 3. The molecule has 2 N–H and O–H groups in total. The molecule has 0 fully saturated rings. The number of furan rings is 1. The second kappa shape index (κ2) is 8.01. The van der Waals surface area contributed by atoms with E-state index in [1.165, 1.54) is 17.6 Å². The Labute approximate surface area is 160 Å². The molecule has 0 spiro atoms. The van der Waals surface area contributed by atoms with E-state index in [4.69, 9.17) is 4.42 Å². The van der Waals surface area contributed by atoms with Crippen LogP contribution in [0, 0.1) is 13.8 Å². The SMILES string of the molecule is Cc1cccc(C)c1NC(=O)C(=O)NCc1ccc(C(=O)c2ccco2)s1. The number of benzene rings is 1. The molecule has 3 rings (SSSR count). The van der Waals surface area contributed by atoms with Crippen LogP contribution in [-0.4, -0.2) is 17.6 Å². The lowest BCUT2D eigenvalue weighted by atomic mass is 10.1. The molecule has 0 aliphatic heterocycles. The van der Waals surface area contributed by atoms with Crippen molar-refractivity contribution in [2.24, 2.45) is 0 Å². The van der Waals surface area contributed by atoms with Crippen molar-refractivity contribution in [3.63, 3.8) is 0 Å². The number of rotatable bonds is 5. The maximum atomic E-state index is 12.2. The molecule has 1 aromatic carbocycles. The van der Waals surface area contributed by atoms with E-state index in [0.717, 1.165) is 16.0 Å². The van der Waals surface area contributed by atoms with E-state index < -0.39 is 11.8 Å². The van der Waals surface area contributed by atoms with Gasteiger partial charge in [0.1, 0.15) is 0 Å². The van der Waals surface area contributed by atoms with E-state index in [1.54, 1.807) is 24.3 Å². The van der Waals surface area contributed by atoms with Gasteiger partial charge in [-0.3, -0.25) is 14.4 Å². The predicted octanol–water partition coefficient (Wildman–Crippen LogP) is 3.44. The molecule has 0 saturated carbocycles.